The lowest BCUT2D eigenvalue weighted by molar-refractivity contribution is -0.164. The number of hydrogen-bond acceptors (Lipinski definition) is 11. The van der Waals surface area contributed by atoms with Crippen LogP contribution >= 0.6 is 11.6 Å². The Kier molecular flexibility index (Phi) is 15.6. The fraction of sp³-hybridized carbons (Fsp3) is 0.426. The van der Waals surface area contributed by atoms with Crippen molar-refractivity contribution in [3.8, 4) is 28.6 Å². The predicted octanol–water partition coefficient (Wildman–Crippen LogP) is 7.18. The number of amides is 4. The molecule has 4 amide bonds. The molecular weight excluding hydrogens is 922 g/mol. The van der Waals surface area contributed by atoms with Crippen molar-refractivity contribution in [1.29, 1.82) is 5.26 Å². The number of imidazole rings is 1. The summed E-state index contributed by atoms with van der Waals surface area (Å²) in [4.78, 5) is 64.6. The first kappa shape index (κ1) is 52.0. The molecule has 1 unspecified atom stereocenters. The second-order valence-electron chi connectivity index (χ2n) is 20.7. The number of likely N-dealkylation sites (tertiary alicyclic amines) is 1. The minimum Gasteiger partial charge on any atom is -0.489 e. The maximum Gasteiger partial charge on any atom is 0.251 e. The van der Waals surface area contributed by atoms with Crippen molar-refractivity contribution in [2.75, 3.05) is 31.6 Å². The van der Waals surface area contributed by atoms with Gasteiger partial charge in [0.15, 0.2) is 0 Å². The van der Waals surface area contributed by atoms with Crippen molar-refractivity contribution in [3.63, 3.8) is 0 Å². The molecule has 7 rings (SSSR count). The number of aryl methyl sites for hydroxylation is 1. The van der Waals surface area contributed by atoms with E-state index in [0.29, 0.717) is 34.3 Å². The van der Waals surface area contributed by atoms with E-state index in [1.807, 2.05) is 93.9 Å². The maximum absolute atomic E-state index is 14.1. The van der Waals surface area contributed by atoms with Gasteiger partial charge in [-0.2, -0.15) is 5.26 Å². The van der Waals surface area contributed by atoms with Crippen LogP contribution in [0.1, 0.15) is 95.2 Å². The predicted molar refractivity (Wildman–Crippen MR) is 271 cm³/mol. The zero-order valence-corrected chi connectivity index (χ0v) is 42.5. The van der Waals surface area contributed by atoms with Gasteiger partial charge in [0.25, 0.3) is 5.91 Å². The van der Waals surface area contributed by atoms with Crippen molar-refractivity contribution in [1.82, 2.24) is 35.4 Å². The van der Waals surface area contributed by atoms with E-state index in [0.717, 1.165) is 28.2 Å². The zero-order chi connectivity index (χ0) is 51.4. The van der Waals surface area contributed by atoms with Crippen LogP contribution in [-0.2, 0) is 19.1 Å². The lowest BCUT2D eigenvalue weighted by Gasteiger charge is -2.63. The van der Waals surface area contributed by atoms with E-state index in [1.54, 1.807) is 42.7 Å². The second-order valence-corrected chi connectivity index (χ2v) is 21.1. The van der Waals surface area contributed by atoms with Gasteiger partial charge in [-0.3, -0.25) is 19.2 Å². The number of aliphatic hydroxyl groups is 1. The van der Waals surface area contributed by atoms with Crippen LogP contribution in [0.5, 0.6) is 5.75 Å². The molecule has 1 saturated heterocycles. The molecule has 5 N–H and O–H groups in total. The second kappa shape index (κ2) is 21.3. The molecule has 2 aromatic heterocycles. The van der Waals surface area contributed by atoms with E-state index in [4.69, 9.17) is 21.1 Å². The summed E-state index contributed by atoms with van der Waals surface area (Å²) in [5, 5.41) is 32.5. The lowest BCUT2D eigenvalue weighted by atomic mass is 9.49. The molecular formula is C54H64ClN9O7. The maximum atomic E-state index is 14.1. The average Bonchev–Trinajstić information content (AvgIpc) is 3.96. The monoisotopic (exact) mass is 985 g/mol. The number of hydrogen-bond donors (Lipinski definition) is 5. The summed E-state index contributed by atoms with van der Waals surface area (Å²) in [5.41, 5.74) is 2.94. The number of halogens is 1. The number of β-amino-alcohol motifs (C(OH)–C–C–N with tert-alkyl or cyclic N) is 1. The molecule has 0 bridgehead atoms. The Morgan fingerprint density at radius 2 is 1.63 bits per heavy atom. The van der Waals surface area contributed by atoms with Gasteiger partial charge in [0.05, 0.1) is 29.3 Å². The van der Waals surface area contributed by atoms with Gasteiger partial charge in [-0.25, -0.2) is 9.97 Å². The number of carbonyl (C=O) groups is 4. The molecule has 1 aliphatic carbocycles. The van der Waals surface area contributed by atoms with E-state index in [-0.39, 0.29) is 56.2 Å². The highest BCUT2D eigenvalue weighted by atomic mass is 35.5. The van der Waals surface area contributed by atoms with E-state index in [2.05, 4.69) is 65.0 Å². The molecule has 17 heteroatoms. The molecule has 1 saturated carbocycles. The minimum absolute atomic E-state index is 0.0356. The molecule has 2 fully saturated rings. The Balaban J connectivity index is 0.847. The molecule has 3 heterocycles. The van der Waals surface area contributed by atoms with Crippen molar-refractivity contribution in [2.45, 2.75) is 105 Å². The number of benzene rings is 3. The lowest BCUT2D eigenvalue weighted by Crippen LogP contribution is -2.74. The van der Waals surface area contributed by atoms with Gasteiger partial charge in [-0.1, -0.05) is 84.3 Å². The topological polar surface area (TPSA) is 213 Å². The number of aliphatic hydroxyl groups excluding tert-OH is 1. The van der Waals surface area contributed by atoms with Crippen LogP contribution in [0, 0.1) is 34.5 Å². The van der Waals surface area contributed by atoms with E-state index in [9.17, 15) is 29.5 Å². The van der Waals surface area contributed by atoms with Gasteiger partial charge in [-0.05, 0) is 78.9 Å². The van der Waals surface area contributed by atoms with Crippen LogP contribution in [0.2, 0.25) is 5.02 Å². The van der Waals surface area contributed by atoms with Crippen molar-refractivity contribution in [3.05, 3.63) is 125 Å². The largest absolute Gasteiger partial charge is 0.489 e. The van der Waals surface area contributed by atoms with Crippen molar-refractivity contribution >= 4 is 41.0 Å². The first-order valence-corrected chi connectivity index (χ1v) is 24.2. The van der Waals surface area contributed by atoms with Gasteiger partial charge in [0.2, 0.25) is 17.7 Å². The molecule has 16 nitrogen and oxygen atoms in total. The van der Waals surface area contributed by atoms with Crippen LogP contribution < -0.4 is 26.0 Å². The number of aromatic nitrogens is 3. The summed E-state index contributed by atoms with van der Waals surface area (Å²) < 4.78 is 14.0. The van der Waals surface area contributed by atoms with Gasteiger partial charge >= 0.3 is 0 Å². The number of nitrogens with zero attached hydrogens (tertiary/aromatic N) is 5. The number of pyridine rings is 1. The summed E-state index contributed by atoms with van der Waals surface area (Å²) in [6, 6.07) is 23.5. The summed E-state index contributed by atoms with van der Waals surface area (Å²) >= 11 is 6.25. The quantitative estimate of drug-likeness (QED) is 0.0589. The number of ether oxygens (including phenoxy) is 2. The third kappa shape index (κ3) is 11.7. The fourth-order valence-corrected chi connectivity index (χ4v) is 10.2. The fourth-order valence-electron chi connectivity index (χ4n) is 10.0. The summed E-state index contributed by atoms with van der Waals surface area (Å²) in [5.74, 6) is 0.500. The Labute approximate surface area is 420 Å². The third-order valence-electron chi connectivity index (χ3n) is 13.6. The molecule has 0 spiro atoms. The highest BCUT2D eigenvalue weighted by molar-refractivity contribution is 6.31. The van der Waals surface area contributed by atoms with Crippen LogP contribution in [-0.4, -0.2) is 105 Å². The van der Waals surface area contributed by atoms with Gasteiger partial charge in [-0.15, -0.1) is 0 Å². The average molecular weight is 987 g/mol. The minimum atomic E-state index is -0.991. The van der Waals surface area contributed by atoms with E-state index in [1.165, 1.54) is 4.90 Å². The number of carbonyl (C=O) groups excluding carboxylic acids is 4. The molecule has 0 radical (unpaired) electrons. The Morgan fingerprint density at radius 3 is 2.24 bits per heavy atom. The van der Waals surface area contributed by atoms with E-state index >= 15 is 0 Å². The van der Waals surface area contributed by atoms with Gasteiger partial charge in [0.1, 0.15) is 48.3 Å². The standard InChI is InChI=1S/C54H64ClN9O7/c1-32(34-14-18-39(19-15-34)63-24-22-57-33(63)2)60-48(68)43-26-40(65)30-64(43)49(69)46(52(3,4)5)61-45(66)31-70-25-23-58-44-21-17-38(29-59-44)35-10-12-36(13-11-35)47(67)62-50-53(6,7)51(54(50,8)9)71-41-20-16-37(28-56)42(55)27-41/h10-22,24,27,29,32,40,43,46,50-51,65H,23,25-26,30-31H2,1-9H3,(H,58,59)(H,60,68)(H,61,66)(H,62,67)/t32-,40+,43-,46?,50?,51?/m0/s1. The van der Waals surface area contributed by atoms with Crippen molar-refractivity contribution in [2.24, 2.45) is 16.2 Å². The summed E-state index contributed by atoms with van der Waals surface area (Å²) in [6.07, 6.45) is 4.30. The van der Waals surface area contributed by atoms with Crippen LogP contribution in [0.15, 0.2) is 97.5 Å². The molecule has 2 aliphatic rings. The highest BCUT2D eigenvalue weighted by Gasteiger charge is 2.64. The SMILES string of the molecule is Cc1nccn1-c1ccc([C@H](C)NC(=O)[C@@H]2C[C@@H](O)CN2C(=O)C(NC(=O)COCCNc2ccc(-c3ccc(C(=O)NC4C(C)(C)C(Oc5ccc(C#N)c(Cl)c5)C4(C)C)cc3)cn2)C(C)(C)C)cc1. The normalized spacial score (nSPS) is 19.9. The van der Waals surface area contributed by atoms with Crippen molar-refractivity contribution < 1.29 is 33.8 Å². The Morgan fingerprint density at radius 1 is 0.944 bits per heavy atom. The Bertz CT molecular complexity index is 2750. The zero-order valence-electron chi connectivity index (χ0n) is 41.7. The number of rotatable bonds is 17. The molecule has 71 heavy (non-hydrogen) atoms. The van der Waals surface area contributed by atoms with Crippen LogP contribution in [0.25, 0.3) is 16.8 Å². The first-order chi connectivity index (χ1) is 33.6. The number of nitrogens with one attached hydrogen (secondary N) is 4. The number of nitriles is 1. The highest BCUT2D eigenvalue weighted by Crippen LogP contribution is 2.55. The number of anilines is 1. The third-order valence-corrected chi connectivity index (χ3v) is 13.9. The summed E-state index contributed by atoms with van der Waals surface area (Å²) in [6.45, 7) is 17.7. The molecule has 5 aromatic rings. The van der Waals surface area contributed by atoms with Gasteiger partial charge in [0, 0.05) is 77.9 Å². The van der Waals surface area contributed by atoms with Crippen LogP contribution in [0.4, 0.5) is 5.82 Å². The first-order valence-electron chi connectivity index (χ1n) is 23.8. The van der Waals surface area contributed by atoms with Crippen LogP contribution in [0.3, 0.4) is 0 Å². The molecule has 374 valence electrons. The Hall–Kier alpha value is -6.80. The molecule has 3 aromatic carbocycles. The molecule has 1 aliphatic heterocycles. The molecule has 4 atom stereocenters. The summed E-state index contributed by atoms with van der Waals surface area (Å²) in [7, 11) is 0. The van der Waals surface area contributed by atoms with Gasteiger partial charge < -0.3 is 45.3 Å². The smallest absolute Gasteiger partial charge is 0.251 e. The van der Waals surface area contributed by atoms with E-state index < -0.39 is 46.2 Å².